The molecular formula is C21H21F3. The van der Waals surface area contributed by atoms with Crippen LogP contribution in [0, 0.1) is 11.8 Å². The minimum Gasteiger partial charge on any atom is -0.166 e. The van der Waals surface area contributed by atoms with Crippen molar-refractivity contribution in [1.29, 1.82) is 0 Å². The number of rotatable bonds is 1. The largest absolute Gasteiger partial charge is 0.416 e. The fourth-order valence-electron chi connectivity index (χ4n) is 2.51. The average molecular weight is 330 g/mol. The van der Waals surface area contributed by atoms with Crippen LogP contribution in [-0.2, 0) is 6.18 Å². The molecule has 0 amide bonds. The zero-order valence-corrected chi connectivity index (χ0v) is 14.0. The quantitative estimate of drug-likeness (QED) is 0.519. The van der Waals surface area contributed by atoms with E-state index in [4.69, 9.17) is 0 Å². The predicted molar refractivity (Wildman–Crippen MR) is 92.4 cm³/mol. The second kappa shape index (κ2) is 8.06. The van der Waals surface area contributed by atoms with Crippen molar-refractivity contribution >= 4 is 0 Å². The highest BCUT2D eigenvalue weighted by Gasteiger charge is 2.29. The Bertz CT molecular complexity index is 717. The van der Waals surface area contributed by atoms with Gasteiger partial charge in [0.05, 0.1) is 5.56 Å². The fraction of sp³-hybridized carbons (Fsp3) is 0.333. The van der Waals surface area contributed by atoms with E-state index in [-0.39, 0.29) is 0 Å². The number of benzene rings is 1. The summed E-state index contributed by atoms with van der Waals surface area (Å²) < 4.78 is 37.7. The number of halogens is 3. The lowest BCUT2D eigenvalue weighted by Gasteiger charge is -2.05. The Morgan fingerprint density at radius 2 is 1.75 bits per heavy atom. The first-order valence-corrected chi connectivity index (χ1v) is 8.15. The lowest BCUT2D eigenvalue weighted by atomic mass is 10.1. The van der Waals surface area contributed by atoms with Gasteiger partial charge < -0.3 is 0 Å². The van der Waals surface area contributed by atoms with E-state index in [1.165, 1.54) is 23.3 Å². The normalized spacial score (nSPS) is 18.0. The number of hydrogen-bond donors (Lipinski definition) is 0. The molecule has 0 nitrogen and oxygen atoms in total. The van der Waals surface area contributed by atoms with Gasteiger partial charge in [0.2, 0.25) is 0 Å². The first-order chi connectivity index (χ1) is 11.4. The van der Waals surface area contributed by atoms with Gasteiger partial charge in [-0.1, -0.05) is 36.5 Å². The van der Waals surface area contributed by atoms with Crippen LogP contribution in [0.1, 0.15) is 50.7 Å². The molecule has 1 aromatic carbocycles. The van der Waals surface area contributed by atoms with Crippen molar-refractivity contribution in [2.45, 2.75) is 45.7 Å². The molecule has 0 radical (unpaired) electrons. The summed E-state index contributed by atoms with van der Waals surface area (Å²) in [6.45, 7) is 4.25. The van der Waals surface area contributed by atoms with Crippen LogP contribution in [0.4, 0.5) is 13.2 Å². The van der Waals surface area contributed by atoms with Crippen molar-refractivity contribution in [3.63, 3.8) is 0 Å². The van der Waals surface area contributed by atoms with Crippen LogP contribution in [0.2, 0.25) is 0 Å². The highest BCUT2D eigenvalue weighted by Crippen LogP contribution is 2.29. The Kier molecular flexibility index (Phi) is 6.09. The van der Waals surface area contributed by atoms with Crippen LogP contribution in [0.15, 0.2) is 59.2 Å². The van der Waals surface area contributed by atoms with Crippen molar-refractivity contribution in [2.24, 2.45) is 0 Å². The van der Waals surface area contributed by atoms with Gasteiger partial charge in [0.15, 0.2) is 0 Å². The average Bonchev–Trinajstić information content (AvgIpc) is 2.63. The first-order valence-electron chi connectivity index (χ1n) is 8.15. The molecule has 126 valence electrons. The van der Waals surface area contributed by atoms with E-state index in [0.717, 1.165) is 43.4 Å². The van der Waals surface area contributed by atoms with Gasteiger partial charge in [0.25, 0.3) is 0 Å². The van der Waals surface area contributed by atoms with Gasteiger partial charge >= 0.3 is 6.18 Å². The Labute approximate surface area is 141 Å². The van der Waals surface area contributed by atoms with E-state index in [2.05, 4.69) is 43.9 Å². The third kappa shape index (κ3) is 5.45. The molecule has 0 saturated heterocycles. The van der Waals surface area contributed by atoms with Crippen molar-refractivity contribution in [2.75, 3.05) is 0 Å². The van der Waals surface area contributed by atoms with Crippen molar-refractivity contribution in [3.05, 3.63) is 70.3 Å². The zero-order valence-electron chi connectivity index (χ0n) is 14.0. The van der Waals surface area contributed by atoms with Gasteiger partial charge in [-0.15, -0.1) is 0 Å². The summed E-state index contributed by atoms with van der Waals surface area (Å²) in [6.07, 6.45) is 6.12. The second-order valence-electron chi connectivity index (χ2n) is 5.94. The number of alkyl halides is 3. The van der Waals surface area contributed by atoms with Crippen LogP contribution in [-0.4, -0.2) is 0 Å². The summed E-state index contributed by atoms with van der Waals surface area (Å²) in [7, 11) is 0. The minimum absolute atomic E-state index is 0.585. The summed E-state index contributed by atoms with van der Waals surface area (Å²) in [5, 5.41) is 0. The van der Waals surface area contributed by atoms with E-state index in [9.17, 15) is 13.2 Å². The predicted octanol–water partition coefficient (Wildman–Crippen LogP) is 6.45. The Morgan fingerprint density at radius 1 is 1.04 bits per heavy atom. The molecule has 0 bridgehead atoms. The zero-order chi connectivity index (χ0) is 17.6. The molecule has 0 atom stereocenters. The van der Waals surface area contributed by atoms with Crippen molar-refractivity contribution in [1.82, 2.24) is 0 Å². The van der Waals surface area contributed by atoms with Crippen LogP contribution in [0.5, 0.6) is 0 Å². The highest BCUT2D eigenvalue weighted by molar-refractivity contribution is 5.48. The molecule has 0 spiro atoms. The molecule has 1 aliphatic rings. The molecular weight excluding hydrogens is 309 g/mol. The molecule has 3 heteroatoms. The highest BCUT2D eigenvalue weighted by atomic mass is 19.4. The Morgan fingerprint density at radius 3 is 2.38 bits per heavy atom. The standard InChI is InChI=1S/C21H21F3/c1-3-17-14-16(2)6-4-5-7-19(15-17)9-8-18-10-12-20(13-11-18)21(22,23)24/h7,10-15H,3-6H2,1-2H3/b16-14?,17-15?,19-7-. The lowest BCUT2D eigenvalue weighted by Crippen LogP contribution is -2.04. The summed E-state index contributed by atoms with van der Waals surface area (Å²) in [5.74, 6) is 6.06. The smallest absolute Gasteiger partial charge is 0.166 e. The molecule has 0 heterocycles. The topological polar surface area (TPSA) is 0 Å². The first kappa shape index (κ1) is 18.1. The third-order valence-electron chi connectivity index (χ3n) is 3.88. The minimum atomic E-state index is -4.31. The molecule has 0 aromatic heterocycles. The Balaban J connectivity index is 2.24. The monoisotopic (exact) mass is 330 g/mol. The fourth-order valence-corrected chi connectivity index (χ4v) is 2.51. The van der Waals surface area contributed by atoms with Gasteiger partial charge in [-0.3, -0.25) is 0 Å². The second-order valence-corrected chi connectivity index (χ2v) is 5.94. The van der Waals surface area contributed by atoms with Gasteiger partial charge in [0.1, 0.15) is 0 Å². The van der Waals surface area contributed by atoms with Crippen molar-refractivity contribution < 1.29 is 13.2 Å². The lowest BCUT2D eigenvalue weighted by molar-refractivity contribution is -0.137. The van der Waals surface area contributed by atoms with Crippen LogP contribution < -0.4 is 0 Å². The molecule has 24 heavy (non-hydrogen) atoms. The molecule has 2 rings (SSSR count). The van der Waals surface area contributed by atoms with Gasteiger partial charge in [0, 0.05) is 11.1 Å². The molecule has 0 unspecified atom stereocenters. The SMILES string of the molecule is CCC1=C/C(C#Cc2ccc(C(F)(F)F)cc2)=C\CCCC(C)=C1. The molecule has 0 fully saturated rings. The van der Waals surface area contributed by atoms with E-state index in [0.29, 0.717) is 5.56 Å². The molecule has 1 aliphatic carbocycles. The van der Waals surface area contributed by atoms with Crippen molar-refractivity contribution in [3.8, 4) is 11.8 Å². The summed E-state index contributed by atoms with van der Waals surface area (Å²) >= 11 is 0. The maximum atomic E-state index is 12.6. The van der Waals surface area contributed by atoms with E-state index < -0.39 is 11.7 Å². The van der Waals surface area contributed by atoms with E-state index >= 15 is 0 Å². The maximum Gasteiger partial charge on any atom is 0.416 e. The van der Waals surface area contributed by atoms with Crippen LogP contribution in [0.3, 0.4) is 0 Å². The Hall–Kier alpha value is -2.21. The molecule has 1 aromatic rings. The van der Waals surface area contributed by atoms with Crippen LogP contribution >= 0.6 is 0 Å². The maximum absolute atomic E-state index is 12.6. The van der Waals surface area contributed by atoms with Gasteiger partial charge in [-0.2, -0.15) is 13.2 Å². The number of hydrogen-bond acceptors (Lipinski definition) is 0. The third-order valence-corrected chi connectivity index (χ3v) is 3.88. The van der Waals surface area contributed by atoms with E-state index in [1.807, 2.05) is 0 Å². The number of allylic oxidation sites excluding steroid dienone is 6. The summed E-state index contributed by atoms with van der Waals surface area (Å²) in [5.41, 5.74) is 3.46. The molecule has 0 aliphatic heterocycles. The summed E-state index contributed by atoms with van der Waals surface area (Å²) in [4.78, 5) is 0. The van der Waals surface area contributed by atoms with Crippen LogP contribution in [0.25, 0.3) is 0 Å². The van der Waals surface area contributed by atoms with Gasteiger partial charge in [-0.05, 0) is 68.5 Å². The molecule has 0 N–H and O–H groups in total. The molecule has 0 saturated carbocycles. The van der Waals surface area contributed by atoms with Gasteiger partial charge in [-0.25, -0.2) is 0 Å². The summed E-state index contributed by atoms with van der Waals surface area (Å²) in [6, 6.07) is 4.97. The van der Waals surface area contributed by atoms with E-state index in [1.54, 1.807) is 0 Å².